The summed E-state index contributed by atoms with van der Waals surface area (Å²) in [6.45, 7) is 7.67. The summed E-state index contributed by atoms with van der Waals surface area (Å²) in [5, 5.41) is 2.96. The monoisotopic (exact) mass is 470 g/mol. The molecule has 32 heavy (non-hydrogen) atoms. The predicted molar refractivity (Wildman–Crippen MR) is 130 cm³/mol. The normalized spacial score (nSPS) is 12.3. The lowest BCUT2D eigenvalue weighted by Crippen LogP contribution is -2.27. The minimum Gasteiger partial charge on any atom is -0.346 e. The predicted octanol–water partition coefficient (Wildman–Crippen LogP) is 5.81. The number of anilines is 1. The fourth-order valence-electron chi connectivity index (χ4n) is 3.30. The maximum Gasteiger partial charge on any atom is 0.263 e. The van der Waals surface area contributed by atoms with Crippen LogP contribution in [0.3, 0.4) is 0 Å². The number of amides is 1. The van der Waals surface area contributed by atoms with Gasteiger partial charge in [-0.1, -0.05) is 54.9 Å². The standard InChI is InChI=1S/C25H27ClN2O3S/c1-5-19-8-10-20(11-9-19)18(4)27-25(29)21-12-13-22(26)24(15-21)32(30,31)28-23-14-16(2)6-7-17(23)3/h6-15,18,28H,5H2,1-4H3,(H,27,29). The van der Waals surface area contributed by atoms with Gasteiger partial charge in [0.2, 0.25) is 0 Å². The third-order valence-corrected chi connectivity index (χ3v) is 7.20. The molecule has 3 aromatic rings. The number of hydrogen-bond acceptors (Lipinski definition) is 3. The molecule has 7 heteroatoms. The van der Waals surface area contributed by atoms with Crippen LogP contribution in [0.25, 0.3) is 0 Å². The van der Waals surface area contributed by atoms with E-state index in [1.54, 1.807) is 6.07 Å². The van der Waals surface area contributed by atoms with E-state index in [2.05, 4.69) is 17.0 Å². The minimum absolute atomic E-state index is 0.0440. The Morgan fingerprint density at radius 1 is 1.00 bits per heavy atom. The second kappa shape index (κ2) is 9.76. The van der Waals surface area contributed by atoms with E-state index in [0.717, 1.165) is 23.1 Å². The van der Waals surface area contributed by atoms with Gasteiger partial charge in [-0.05, 0) is 73.7 Å². The van der Waals surface area contributed by atoms with Crippen LogP contribution in [0.15, 0.2) is 65.6 Å². The highest BCUT2D eigenvalue weighted by atomic mass is 35.5. The van der Waals surface area contributed by atoms with Crippen molar-refractivity contribution in [3.05, 3.63) is 93.5 Å². The van der Waals surface area contributed by atoms with Gasteiger partial charge >= 0.3 is 0 Å². The smallest absolute Gasteiger partial charge is 0.263 e. The lowest BCUT2D eigenvalue weighted by Gasteiger charge is -2.16. The van der Waals surface area contributed by atoms with E-state index in [4.69, 9.17) is 11.6 Å². The van der Waals surface area contributed by atoms with Crippen molar-refractivity contribution in [3.63, 3.8) is 0 Å². The molecule has 0 aromatic heterocycles. The molecule has 0 saturated heterocycles. The van der Waals surface area contributed by atoms with E-state index < -0.39 is 10.0 Å². The van der Waals surface area contributed by atoms with Crippen LogP contribution < -0.4 is 10.0 Å². The first-order valence-electron chi connectivity index (χ1n) is 10.4. The quantitative estimate of drug-likeness (QED) is 0.457. The molecule has 3 aromatic carbocycles. The van der Waals surface area contributed by atoms with Gasteiger partial charge in [0.05, 0.1) is 16.8 Å². The van der Waals surface area contributed by atoms with Crippen LogP contribution in [0.1, 0.15) is 52.5 Å². The lowest BCUT2D eigenvalue weighted by molar-refractivity contribution is 0.0939. The van der Waals surface area contributed by atoms with Crippen LogP contribution >= 0.6 is 11.6 Å². The zero-order valence-electron chi connectivity index (χ0n) is 18.6. The van der Waals surface area contributed by atoms with Crippen molar-refractivity contribution >= 4 is 33.2 Å². The number of nitrogens with one attached hydrogen (secondary N) is 2. The Bertz CT molecular complexity index is 1240. The van der Waals surface area contributed by atoms with E-state index in [-0.39, 0.29) is 27.4 Å². The summed E-state index contributed by atoms with van der Waals surface area (Å²) in [4.78, 5) is 12.7. The molecule has 1 atom stereocenters. The largest absolute Gasteiger partial charge is 0.346 e. The zero-order chi connectivity index (χ0) is 23.5. The Morgan fingerprint density at radius 3 is 2.34 bits per heavy atom. The van der Waals surface area contributed by atoms with Gasteiger partial charge in [0, 0.05) is 5.56 Å². The molecular weight excluding hydrogens is 444 g/mol. The summed E-state index contributed by atoms with van der Waals surface area (Å²) in [7, 11) is -3.99. The Kier molecular flexibility index (Phi) is 7.26. The Morgan fingerprint density at radius 2 is 1.69 bits per heavy atom. The molecule has 2 N–H and O–H groups in total. The number of benzene rings is 3. The molecule has 1 unspecified atom stereocenters. The SMILES string of the molecule is CCc1ccc(C(C)NC(=O)c2ccc(Cl)c(S(=O)(=O)Nc3cc(C)ccc3C)c2)cc1. The van der Waals surface area contributed by atoms with Crippen LogP contribution in [0.4, 0.5) is 5.69 Å². The summed E-state index contributed by atoms with van der Waals surface area (Å²) in [5.74, 6) is -0.378. The van der Waals surface area contributed by atoms with Crippen molar-refractivity contribution in [3.8, 4) is 0 Å². The van der Waals surface area contributed by atoms with E-state index in [1.807, 2.05) is 57.2 Å². The third-order valence-electron chi connectivity index (χ3n) is 5.36. The number of rotatable bonds is 7. The maximum atomic E-state index is 13.0. The Labute approximate surface area is 194 Å². The highest BCUT2D eigenvalue weighted by Crippen LogP contribution is 2.27. The van der Waals surface area contributed by atoms with E-state index in [1.165, 1.54) is 23.8 Å². The summed E-state index contributed by atoms with van der Waals surface area (Å²) in [6.07, 6.45) is 0.944. The van der Waals surface area contributed by atoms with Gasteiger partial charge in [0.15, 0.2) is 0 Å². The highest BCUT2D eigenvalue weighted by molar-refractivity contribution is 7.92. The molecule has 5 nitrogen and oxygen atoms in total. The fourth-order valence-corrected chi connectivity index (χ4v) is 4.95. The maximum absolute atomic E-state index is 13.0. The average molecular weight is 471 g/mol. The molecule has 0 aliphatic heterocycles. The van der Waals surface area contributed by atoms with Gasteiger partial charge in [0.25, 0.3) is 15.9 Å². The van der Waals surface area contributed by atoms with Crippen LogP contribution in [0.5, 0.6) is 0 Å². The van der Waals surface area contributed by atoms with Gasteiger partial charge < -0.3 is 5.32 Å². The Hall–Kier alpha value is -2.83. The van der Waals surface area contributed by atoms with Gasteiger partial charge in [-0.25, -0.2) is 8.42 Å². The molecule has 0 aliphatic carbocycles. The molecular formula is C25H27ClN2O3S. The molecule has 0 spiro atoms. The molecule has 0 bridgehead atoms. The van der Waals surface area contributed by atoms with Crippen LogP contribution in [-0.4, -0.2) is 14.3 Å². The first-order chi connectivity index (χ1) is 15.1. The van der Waals surface area contributed by atoms with Crippen LogP contribution in [0.2, 0.25) is 5.02 Å². The molecule has 3 rings (SSSR count). The lowest BCUT2D eigenvalue weighted by atomic mass is 10.0. The number of halogens is 1. The summed E-state index contributed by atoms with van der Waals surface area (Å²) in [6, 6.07) is 17.5. The van der Waals surface area contributed by atoms with Crippen LogP contribution in [-0.2, 0) is 16.4 Å². The molecule has 0 radical (unpaired) electrons. The minimum atomic E-state index is -3.99. The van der Waals surface area contributed by atoms with Crippen molar-refractivity contribution in [2.24, 2.45) is 0 Å². The van der Waals surface area contributed by atoms with Crippen LogP contribution in [0, 0.1) is 13.8 Å². The number of aryl methyl sites for hydroxylation is 3. The molecule has 1 amide bonds. The zero-order valence-corrected chi connectivity index (χ0v) is 20.1. The van der Waals surface area contributed by atoms with Gasteiger partial charge in [-0.2, -0.15) is 0 Å². The number of carbonyl (C=O) groups excluding carboxylic acids is 1. The number of sulfonamides is 1. The van der Waals surface area contributed by atoms with Crippen molar-refractivity contribution in [1.29, 1.82) is 0 Å². The van der Waals surface area contributed by atoms with E-state index >= 15 is 0 Å². The Balaban J connectivity index is 1.83. The van der Waals surface area contributed by atoms with Crippen molar-refractivity contribution < 1.29 is 13.2 Å². The van der Waals surface area contributed by atoms with Crippen molar-refractivity contribution in [2.75, 3.05) is 4.72 Å². The van der Waals surface area contributed by atoms with E-state index in [9.17, 15) is 13.2 Å². The summed E-state index contributed by atoms with van der Waals surface area (Å²) >= 11 is 6.20. The second-order valence-corrected chi connectivity index (χ2v) is 9.92. The summed E-state index contributed by atoms with van der Waals surface area (Å²) in [5.41, 5.74) is 4.58. The second-order valence-electron chi connectivity index (χ2n) is 7.86. The van der Waals surface area contributed by atoms with Crippen molar-refractivity contribution in [1.82, 2.24) is 5.32 Å². The first-order valence-corrected chi connectivity index (χ1v) is 12.3. The van der Waals surface area contributed by atoms with Gasteiger partial charge in [-0.15, -0.1) is 0 Å². The summed E-state index contributed by atoms with van der Waals surface area (Å²) < 4.78 is 28.7. The average Bonchev–Trinajstić information content (AvgIpc) is 2.76. The first kappa shape index (κ1) is 23.8. The van der Waals surface area contributed by atoms with E-state index in [0.29, 0.717) is 5.69 Å². The number of carbonyl (C=O) groups is 1. The molecule has 168 valence electrons. The topological polar surface area (TPSA) is 75.3 Å². The van der Waals surface area contributed by atoms with Crippen molar-refractivity contribution in [2.45, 2.75) is 45.1 Å². The molecule has 0 aliphatic rings. The number of hydrogen-bond donors (Lipinski definition) is 2. The molecule has 0 heterocycles. The van der Waals surface area contributed by atoms with Gasteiger partial charge in [0.1, 0.15) is 4.90 Å². The fraction of sp³-hybridized carbons (Fsp3) is 0.240. The molecule has 0 saturated carbocycles. The van der Waals surface area contributed by atoms with Gasteiger partial charge in [-0.3, -0.25) is 9.52 Å². The third kappa shape index (κ3) is 5.50. The highest BCUT2D eigenvalue weighted by Gasteiger charge is 2.22. The molecule has 0 fully saturated rings.